The van der Waals surface area contributed by atoms with E-state index >= 15 is 0 Å². The van der Waals surface area contributed by atoms with Gasteiger partial charge in [-0.25, -0.2) is 4.79 Å². The summed E-state index contributed by atoms with van der Waals surface area (Å²) in [5.74, 6) is 0. The molecule has 1 aromatic rings. The number of hydrogen-bond donors (Lipinski definition) is 2. The van der Waals surface area contributed by atoms with E-state index in [1.54, 1.807) is 0 Å². The summed E-state index contributed by atoms with van der Waals surface area (Å²) in [6.45, 7) is 10.4. The van der Waals surface area contributed by atoms with Crippen LogP contribution in [-0.2, 0) is 4.74 Å². The van der Waals surface area contributed by atoms with Gasteiger partial charge in [-0.1, -0.05) is 37.3 Å². The molecule has 21 heavy (non-hydrogen) atoms. The van der Waals surface area contributed by atoms with E-state index in [-0.39, 0.29) is 12.1 Å². The fraction of sp³-hybridized carbons (Fsp3) is 0.588. The predicted molar refractivity (Wildman–Crippen MR) is 86.3 cm³/mol. The van der Waals surface area contributed by atoms with Gasteiger partial charge < -0.3 is 15.4 Å². The van der Waals surface area contributed by atoms with Crippen molar-refractivity contribution in [2.24, 2.45) is 0 Å². The van der Waals surface area contributed by atoms with E-state index in [0.29, 0.717) is 12.6 Å². The van der Waals surface area contributed by atoms with Crippen molar-refractivity contribution >= 4 is 6.09 Å². The standard InChI is InChI=1S/C17H28N2O2/c1-6-15(14-10-8-7-9-11-14)18-12-13(2)19-16(20)21-17(3,4)5/h7-11,13,15,18H,6,12H2,1-5H3,(H,19,20). The molecule has 1 rings (SSSR count). The first-order valence-corrected chi connectivity index (χ1v) is 7.59. The second-order valence-electron chi connectivity index (χ2n) is 6.33. The Morgan fingerprint density at radius 1 is 1.24 bits per heavy atom. The Kier molecular flexibility index (Phi) is 6.69. The lowest BCUT2D eigenvalue weighted by Crippen LogP contribution is -2.43. The van der Waals surface area contributed by atoms with Crippen LogP contribution in [0, 0.1) is 0 Å². The van der Waals surface area contributed by atoms with E-state index in [4.69, 9.17) is 4.74 Å². The molecule has 118 valence electrons. The fourth-order valence-electron chi connectivity index (χ4n) is 2.06. The summed E-state index contributed by atoms with van der Waals surface area (Å²) < 4.78 is 5.25. The smallest absolute Gasteiger partial charge is 0.407 e. The van der Waals surface area contributed by atoms with Crippen LogP contribution in [0.2, 0.25) is 0 Å². The molecule has 0 aliphatic carbocycles. The number of nitrogens with one attached hydrogen (secondary N) is 2. The SMILES string of the molecule is CCC(NCC(C)NC(=O)OC(C)(C)C)c1ccccc1. The van der Waals surface area contributed by atoms with Crippen LogP contribution in [0.15, 0.2) is 30.3 Å². The Morgan fingerprint density at radius 2 is 1.86 bits per heavy atom. The minimum atomic E-state index is -0.465. The molecule has 0 bridgehead atoms. The average Bonchev–Trinajstić information content (AvgIpc) is 2.38. The van der Waals surface area contributed by atoms with Crippen molar-refractivity contribution in [2.45, 2.75) is 58.7 Å². The first kappa shape index (κ1) is 17.5. The van der Waals surface area contributed by atoms with Crippen LogP contribution in [0.25, 0.3) is 0 Å². The number of hydrogen-bond acceptors (Lipinski definition) is 3. The minimum absolute atomic E-state index is 0.0117. The third kappa shape index (κ3) is 7.14. The molecule has 1 amide bonds. The van der Waals surface area contributed by atoms with E-state index in [1.807, 2.05) is 45.9 Å². The molecule has 0 aromatic heterocycles. The van der Waals surface area contributed by atoms with Crippen molar-refractivity contribution in [3.8, 4) is 0 Å². The maximum atomic E-state index is 11.7. The highest BCUT2D eigenvalue weighted by Crippen LogP contribution is 2.15. The van der Waals surface area contributed by atoms with E-state index in [1.165, 1.54) is 5.56 Å². The second-order valence-corrected chi connectivity index (χ2v) is 6.33. The third-order valence-corrected chi connectivity index (χ3v) is 3.04. The lowest BCUT2D eigenvalue weighted by Gasteiger charge is -2.24. The van der Waals surface area contributed by atoms with Crippen molar-refractivity contribution in [3.05, 3.63) is 35.9 Å². The Labute approximate surface area is 128 Å². The molecule has 2 N–H and O–H groups in total. The lowest BCUT2D eigenvalue weighted by atomic mass is 10.0. The molecule has 0 saturated heterocycles. The Bertz CT molecular complexity index is 426. The number of carbonyl (C=O) groups is 1. The summed E-state index contributed by atoms with van der Waals surface area (Å²) >= 11 is 0. The zero-order chi connectivity index (χ0) is 15.9. The van der Waals surface area contributed by atoms with E-state index in [2.05, 4.69) is 29.7 Å². The second kappa shape index (κ2) is 8.03. The number of ether oxygens (including phenoxy) is 1. The van der Waals surface area contributed by atoms with Gasteiger partial charge in [0.2, 0.25) is 0 Å². The molecule has 0 radical (unpaired) electrons. The van der Waals surface area contributed by atoms with Gasteiger partial charge in [0.1, 0.15) is 5.60 Å². The van der Waals surface area contributed by atoms with Crippen LogP contribution in [0.4, 0.5) is 4.79 Å². The van der Waals surface area contributed by atoms with Crippen LogP contribution in [0.5, 0.6) is 0 Å². The minimum Gasteiger partial charge on any atom is -0.444 e. The van der Waals surface area contributed by atoms with Crippen LogP contribution < -0.4 is 10.6 Å². The summed E-state index contributed by atoms with van der Waals surface area (Å²) in [5, 5.41) is 6.33. The molecule has 0 fully saturated rings. The van der Waals surface area contributed by atoms with E-state index in [0.717, 1.165) is 6.42 Å². The van der Waals surface area contributed by atoms with Gasteiger partial charge in [-0.15, -0.1) is 0 Å². The number of alkyl carbamates (subject to hydrolysis) is 1. The molecule has 4 heteroatoms. The average molecular weight is 292 g/mol. The zero-order valence-corrected chi connectivity index (χ0v) is 13.8. The fourth-order valence-corrected chi connectivity index (χ4v) is 2.06. The molecule has 0 saturated carbocycles. The number of rotatable bonds is 6. The van der Waals surface area contributed by atoms with Crippen molar-refractivity contribution < 1.29 is 9.53 Å². The topological polar surface area (TPSA) is 50.4 Å². The van der Waals surface area contributed by atoms with Gasteiger partial charge in [-0.3, -0.25) is 0 Å². The largest absolute Gasteiger partial charge is 0.444 e. The van der Waals surface area contributed by atoms with Gasteiger partial charge in [0.05, 0.1) is 0 Å². The van der Waals surface area contributed by atoms with Gasteiger partial charge in [0.25, 0.3) is 0 Å². The van der Waals surface area contributed by atoms with Gasteiger partial charge in [0.15, 0.2) is 0 Å². The van der Waals surface area contributed by atoms with Gasteiger partial charge in [-0.2, -0.15) is 0 Å². The highest BCUT2D eigenvalue weighted by Gasteiger charge is 2.18. The van der Waals surface area contributed by atoms with Gasteiger partial charge >= 0.3 is 6.09 Å². The van der Waals surface area contributed by atoms with Gasteiger partial charge in [0, 0.05) is 18.6 Å². The van der Waals surface area contributed by atoms with Crippen LogP contribution in [-0.4, -0.2) is 24.3 Å². The van der Waals surface area contributed by atoms with Crippen LogP contribution in [0.3, 0.4) is 0 Å². The first-order chi connectivity index (χ1) is 9.81. The lowest BCUT2D eigenvalue weighted by molar-refractivity contribution is 0.0507. The normalized spacial score (nSPS) is 14.3. The molecule has 2 atom stereocenters. The van der Waals surface area contributed by atoms with E-state index < -0.39 is 5.60 Å². The highest BCUT2D eigenvalue weighted by atomic mass is 16.6. The van der Waals surface area contributed by atoms with Crippen molar-refractivity contribution in [3.63, 3.8) is 0 Å². The molecule has 4 nitrogen and oxygen atoms in total. The maximum Gasteiger partial charge on any atom is 0.407 e. The predicted octanol–water partition coefficient (Wildman–Crippen LogP) is 3.64. The van der Waals surface area contributed by atoms with Crippen LogP contribution in [0.1, 0.15) is 52.6 Å². The number of amides is 1. The molecule has 2 unspecified atom stereocenters. The highest BCUT2D eigenvalue weighted by molar-refractivity contribution is 5.68. The summed E-state index contributed by atoms with van der Waals surface area (Å²) in [5.41, 5.74) is 0.803. The Hall–Kier alpha value is -1.55. The summed E-state index contributed by atoms with van der Waals surface area (Å²) in [6.07, 6.45) is 0.632. The summed E-state index contributed by atoms with van der Waals surface area (Å²) in [7, 11) is 0. The van der Waals surface area contributed by atoms with Crippen molar-refractivity contribution in [1.29, 1.82) is 0 Å². The van der Waals surface area contributed by atoms with Gasteiger partial charge in [-0.05, 0) is 39.7 Å². The molecule has 0 aliphatic heterocycles. The Morgan fingerprint density at radius 3 is 2.38 bits per heavy atom. The summed E-state index contributed by atoms with van der Waals surface area (Å²) in [4.78, 5) is 11.7. The maximum absolute atomic E-state index is 11.7. The molecule has 0 heterocycles. The Balaban J connectivity index is 2.41. The van der Waals surface area contributed by atoms with E-state index in [9.17, 15) is 4.79 Å². The molecule has 1 aromatic carbocycles. The monoisotopic (exact) mass is 292 g/mol. The quantitative estimate of drug-likeness (QED) is 0.841. The van der Waals surface area contributed by atoms with Crippen molar-refractivity contribution in [1.82, 2.24) is 10.6 Å². The molecule has 0 spiro atoms. The third-order valence-electron chi connectivity index (χ3n) is 3.04. The summed E-state index contributed by atoms with van der Waals surface area (Å²) in [6, 6.07) is 10.7. The molecular weight excluding hydrogens is 264 g/mol. The van der Waals surface area contributed by atoms with Crippen LogP contribution >= 0.6 is 0 Å². The first-order valence-electron chi connectivity index (χ1n) is 7.59. The molecule has 0 aliphatic rings. The van der Waals surface area contributed by atoms with Crippen molar-refractivity contribution in [2.75, 3.05) is 6.54 Å². The zero-order valence-electron chi connectivity index (χ0n) is 13.8. The number of benzene rings is 1. The number of carbonyl (C=O) groups excluding carboxylic acids is 1. The molecular formula is C17H28N2O2.